The minimum atomic E-state index is -0.557. The smallest absolute Gasteiger partial charge is 0.409 e. The molecule has 0 saturated heterocycles. The zero-order valence-electron chi connectivity index (χ0n) is 16.0. The van der Waals surface area contributed by atoms with E-state index in [0.717, 1.165) is 11.4 Å². The minimum absolute atomic E-state index is 0.221. The van der Waals surface area contributed by atoms with Crippen molar-refractivity contribution in [2.45, 2.75) is 0 Å². The zero-order valence-corrected chi connectivity index (χ0v) is 17.7. The summed E-state index contributed by atoms with van der Waals surface area (Å²) in [6.45, 7) is 0.0262. The lowest BCUT2D eigenvalue weighted by Crippen LogP contribution is -2.21. The van der Waals surface area contributed by atoms with Gasteiger partial charge >= 0.3 is 6.09 Å². The average Bonchev–Trinajstić information content (AvgIpc) is 2.76. The van der Waals surface area contributed by atoms with Gasteiger partial charge in [-0.1, -0.05) is 36.4 Å². The van der Waals surface area contributed by atoms with E-state index in [4.69, 9.17) is 0 Å². The summed E-state index contributed by atoms with van der Waals surface area (Å²) in [4.78, 5) is 26.8. The molecular formula is C19H22N4O4S2. The molecule has 0 saturated carbocycles. The molecule has 10 heteroatoms. The molecular weight excluding hydrogens is 412 g/mol. The highest BCUT2D eigenvalue weighted by molar-refractivity contribution is 7.78. The van der Waals surface area contributed by atoms with Gasteiger partial charge in [-0.25, -0.2) is 9.68 Å². The molecule has 2 rings (SSSR count). The number of alkyl carbamates (subject to hydrolysis) is 1. The first kappa shape index (κ1) is 26.2. The average molecular weight is 435 g/mol. The van der Waals surface area contributed by atoms with Gasteiger partial charge in [0.2, 0.25) is 6.79 Å². The van der Waals surface area contributed by atoms with Gasteiger partial charge in [-0.2, -0.15) is 14.9 Å². The summed E-state index contributed by atoms with van der Waals surface area (Å²) in [5, 5.41) is 9.49. The van der Waals surface area contributed by atoms with Crippen LogP contribution in [0.3, 0.4) is 0 Å². The van der Waals surface area contributed by atoms with E-state index in [2.05, 4.69) is 69.9 Å². The molecule has 2 aromatic carbocycles. The summed E-state index contributed by atoms with van der Waals surface area (Å²) >= 11 is 8.83. The summed E-state index contributed by atoms with van der Waals surface area (Å²) < 4.78 is 4.41. The van der Waals surface area contributed by atoms with Crippen LogP contribution < -0.4 is 10.6 Å². The van der Waals surface area contributed by atoms with Crippen molar-refractivity contribution in [1.82, 2.24) is 10.6 Å². The number of isothiocyanates is 2. The maximum Gasteiger partial charge on any atom is 0.409 e. The molecule has 0 aliphatic rings. The van der Waals surface area contributed by atoms with Crippen LogP contribution in [0.2, 0.25) is 0 Å². The maximum absolute atomic E-state index is 10.4. The first-order valence-electron chi connectivity index (χ1n) is 8.17. The number of benzene rings is 2. The number of ether oxygens (including phenoxy) is 1. The predicted molar refractivity (Wildman–Crippen MR) is 119 cm³/mol. The van der Waals surface area contributed by atoms with Gasteiger partial charge in [-0.05, 0) is 55.7 Å². The van der Waals surface area contributed by atoms with Gasteiger partial charge in [0.15, 0.2) is 0 Å². The fraction of sp³-hybridized carbons (Fsp3) is 0.211. The first-order valence-corrected chi connectivity index (χ1v) is 8.99. The lowest BCUT2D eigenvalue weighted by atomic mass is 10.3. The van der Waals surface area contributed by atoms with Crippen molar-refractivity contribution in [3.05, 3.63) is 60.7 Å². The Morgan fingerprint density at radius 2 is 1.38 bits per heavy atom. The molecule has 0 bridgehead atoms. The van der Waals surface area contributed by atoms with Crippen LogP contribution in [-0.2, 0) is 14.5 Å². The van der Waals surface area contributed by atoms with Crippen molar-refractivity contribution >= 4 is 52.2 Å². The highest BCUT2D eigenvalue weighted by Crippen LogP contribution is 2.07. The summed E-state index contributed by atoms with van der Waals surface area (Å²) in [6.07, 6.45) is -0.557. The number of thiocarbonyl (C=S) groups is 2. The van der Waals surface area contributed by atoms with Crippen LogP contribution in [0.1, 0.15) is 0 Å². The number of hydrogen-bond donors (Lipinski definition) is 2. The number of para-hydroxylation sites is 2. The number of amides is 1. The third-order valence-electron chi connectivity index (χ3n) is 2.59. The number of nitrogens with one attached hydrogen (secondary N) is 2. The van der Waals surface area contributed by atoms with Crippen molar-refractivity contribution < 1.29 is 19.3 Å². The lowest BCUT2D eigenvalue weighted by Gasteiger charge is -2.03. The van der Waals surface area contributed by atoms with Gasteiger partial charge in [0, 0.05) is 7.05 Å². The molecule has 1 amide bonds. The Morgan fingerprint density at radius 3 is 1.76 bits per heavy atom. The van der Waals surface area contributed by atoms with Crippen molar-refractivity contribution in [3.63, 3.8) is 0 Å². The van der Waals surface area contributed by atoms with Crippen LogP contribution >= 0.6 is 24.4 Å². The third-order valence-corrected chi connectivity index (χ3v) is 2.77. The second kappa shape index (κ2) is 19.9. The van der Waals surface area contributed by atoms with Crippen LogP contribution in [0, 0.1) is 0 Å². The monoisotopic (exact) mass is 434 g/mol. The number of aliphatic imine (C=N–C) groups is 2. The Morgan fingerprint density at radius 1 is 0.897 bits per heavy atom. The number of nitrogens with zero attached hydrogens (tertiary/aromatic N) is 2. The van der Waals surface area contributed by atoms with Crippen LogP contribution in [0.4, 0.5) is 16.2 Å². The molecule has 0 aliphatic carbocycles. The van der Waals surface area contributed by atoms with Gasteiger partial charge < -0.3 is 10.1 Å². The van der Waals surface area contributed by atoms with Gasteiger partial charge in [0.25, 0.3) is 0 Å². The first-order chi connectivity index (χ1) is 14.2. The number of rotatable bonds is 7. The van der Waals surface area contributed by atoms with Gasteiger partial charge in [0.05, 0.1) is 21.7 Å². The van der Waals surface area contributed by atoms with Crippen LogP contribution in [0.15, 0.2) is 70.6 Å². The van der Waals surface area contributed by atoms with Gasteiger partial charge in [-0.15, -0.1) is 0 Å². The SMILES string of the molecule is CNCOOCOC(=O)NC.S=C=Nc1ccccc1.S=C=Nc1ccccc1. The van der Waals surface area contributed by atoms with Crippen LogP contribution in [0.25, 0.3) is 0 Å². The standard InChI is InChI=1S/2C7H5NS.C5H12N2O4/c2*9-6-8-7-4-2-1-3-5-7;1-6-3-10-11-4-9-5(8)7-2/h2*1-5H;6H,3-4H2,1-2H3,(H,7,8). The Kier molecular flexibility index (Phi) is 18.0. The molecule has 0 heterocycles. The Hall–Kier alpha value is -2.81. The minimum Gasteiger partial charge on any atom is -0.419 e. The second-order valence-corrected chi connectivity index (χ2v) is 4.98. The zero-order chi connectivity index (χ0) is 21.6. The highest BCUT2D eigenvalue weighted by atomic mass is 32.1. The quantitative estimate of drug-likeness (QED) is 0.168. The molecule has 0 fully saturated rings. The van der Waals surface area contributed by atoms with Crippen molar-refractivity contribution in [2.75, 3.05) is 27.6 Å². The van der Waals surface area contributed by atoms with E-state index in [1.54, 1.807) is 7.05 Å². The highest BCUT2D eigenvalue weighted by Gasteiger charge is 1.95. The molecule has 0 spiro atoms. The summed E-state index contributed by atoms with van der Waals surface area (Å²) in [6, 6.07) is 19.0. The van der Waals surface area contributed by atoms with Crippen molar-refractivity contribution in [3.8, 4) is 0 Å². The van der Waals surface area contributed by atoms with E-state index in [1.807, 2.05) is 60.7 Å². The van der Waals surface area contributed by atoms with E-state index in [9.17, 15) is 4.79 Å². The maximum atomic E-state index is 10.4. The molecule has 0 unspecified atom stereocenters. The number of hydrogen-bond acceptors (Lipinski definition) is 9. The van der Waals surface area contributed by atoms with E-state index in [1.165, 1.54) is 7.05 Å². The summed E-state index contributed by atoms with van der Waals surface area (Å²) in [5.41, 5.74) is 1.71. The van der Waals surface area contributed by atoms with E-state index in [0.29, 0.717) is 0 Å². The van der Waals surface area contributed by atoms with Crippen LogP contribution in [-0.4, -0.2) is 44.0 Å². The van der Waals surface area contributed by atoms with Gasteiger partial charge in [-0.3, -0.25) is 5.32 Å². The Balaban J connectivity index is 0.000000408. The molecule has 29 heavy (non-hydrogen) atoms. The Labute approximate surface area is 180 Å². The lowest BCUT2D eigenvalue weighted by molar-refractivity contribution is -0.329. The number of carbonyl (C=O) groups is 1. The second-order valence-electron chi connectivity index (χ2n) is 4.61. The Bertz CT molecular complexity index is 713. The molecule has 0 aromatic heterocycles. The molecule has 154 valence electrons. The predicted octanol–water partition coefficient (Wildman–Crippen LogP) is 4.27. The summed E-state index contributed by atoms with van der Waals surface area (Å²) in [7, 11) is 3.15. The van der Waals surface area contributed by atoms with Crippen molar-refractivity contribution in [1.29, 1.82) is 0 Å². The third kappa shape index (κ3) is 17.0. The molecule has 8 nitrogen and oxygen atoms in total. The fourth-order valence-corrected chi connectivity index (χ4v) is 1.61. The molecule has 2 N–H and O–H groups in total. The van der Waals surface area contributed by atoms with Gasteiger partial charge in [0.1, 0.15) is 6.73 Å². The van der Waals surface area contributed by atoms with E-state index < -0.39 is 6.09 Å². The summed E-state index contributed by atoms with van der Waals surface area (Å²) in [5.74, 6) is 0. The van der Waals surface area contributed by atoms with Crippen molar-refractivity contribution in [2.24, 2.45) is 9.98 Å². The molecule has 0 radical (unpaired) electrons. The molecule has 0 aliphatic heterocycles. The molecule has 2 aromatic rings. The van der Waals surface area contributed by atoms with E-state index in [-0.39, 0.29) is 13.5 Å². The topological polar surface area (TPSA) is 93.5 Å². The largest absolute Gasteiger partial charge is 0.419 e. The van der Waals surface area contributed by atoms with Crippen LogP contribution in [0.5, 0.6) is 0 Å². The molecule has 0 atom stereocenters. The normalized spacial score (nSPS) is 8.48. The fourth-order valence-electron chi connectivity index (χ4n) is 1.39. The van der Waals surface area contributed by atoms with E-state index >= 15 is 0 Å². The number of carbonyl (C=O) groups excluding carboxylic acids is 1.